The third kappa shape index (κ3) is 3.53. The fourth-order valence-electron chi connectivity index (χ4n) is 6.06. The molecule has 1 aromatic heterocycles. The lowest BCUT2D eigenvalue weighted by atomic mass is 9.92. The highest BCUT2D eigenvalue weighted by molar-refractivity contribution is 9.10. The quantitative estimate of drug-likeness (QED) is 0.207. The highest BCUT2D eigenvalue weighted by Crippen LogP contribution is 2.36. The van der Waals surface area contributed by atoms with Gasteiger partial charge in [-0.3, -0.25) is 0 Å². The summed E-state index contributed by atoms with van der Waals surface area (Å²) in [5.41, 5.74) is 4.10. The van der Waals surface area contributed by atoms with Crippen molar-refractivity contribution in [3.05, 3.63) is 119 Å². The van der Waals surface area contributed by atoms with Crippen molar-refractivity contribution < 1.29 is 0 Å². The largest absolute Gasteiger partial charge is 0.373 e. The third-order valence-corrected chi connectivity index (χ3v) is 8.38. The Morgan fingerprint density at radius 2 is 1.56 bits per heavy atom. The zero-order chi connectivity index (χ0) is 24.2. The smallest absolute Gasteiger partial charge is 0.0481 e. The number of benzene rings is 5. The minimum atomic E-state index is 0.448. The summed E-state index contributed by atoms with van der Waals surface area (Å²) in [5.74, 6) is 0.448. The van der Waals surface area contributed by atoms with Gasteiger partial charge in [-0.15, -0.1) is 0 Å². The molecule has 0 fully saturated rings. The molecule has 0 aliphatic carbocycles. The van der Waals surface area contributed by atoms with E-state index in [2.05, 4.69) is 136 Å². The molecule has 1 atom stereocenters. The first-order valence-electron chi connectivity index (χ1n) is 12.6. The molecule has 1 unspecified atom stereocenters. The van der Waals surface area contributed by atoms with E-state index in [9.17, 15) is 0 Å². The Morgan fingerprint density at radius 1 is 0.778 bits per heavy atom. The summed E-state index contributed by atoms with van der Waals surface area (Å²) >= 11 is 3.66. The number of aryl methyl sites for hydroxylation is 1. The topological polar surface area (TPSA) is 8.17 Å². The molecule has 1 aliphatic heterocycles. The van der Waals surface area contributed by atoms with Gasteiger partial charge < -0.3 is 9.47 Å². The monoisotopic (exact) mass is 530 g/mol. The Kier molecular flexibility index (Phi) is 5.14. The minimum Gasteiger partial charge on any atom is -0.373 e. The van der Waals surface area contributed by atoms with Crippen LogP contribution in [0.5, 0.6) is 0 Å². The van der Waals surface area contributed by atoms with E-state index in [0.29, 0.717) is 5.92 Å². The van der Waals surface area contributed by atoms with Gasteiger partial charge >= 0.3 is 0 Å². The van der Waals surface area contributed by atoms with Gasteiger partial charge in [0.15, 0.2) is 0 Å². The van der Waals surface area contributed by atoms with Crippen LogP contribution in [0.25, 0.3) is 43.2 Å². The van der Waals surface area contributed by atoms with Crippen LogP contribution in [0.4, 0.5) is 0 Å². The van der Waals surface area contributed by atoms with E-state index in [4.69, 9.17) is 0 Å². The van der Waals surface area contributed by atoms with Crippen LogP contribution < -0.4 is 0 Å². The summed E-state index contributed by atoms with van der Waals surface area (Å²) in [4.78, 5) is 2.47. The molecule has 2 heterocycles. The van der Waals surface area contributed by atoms with Gasteiger partial charge in [-0.2, -0.15) is 0 Å². The number of rotatable bonds is 3. The fourth-order valence-corrected chi connectivity index (χ4v) is 6.42. The number of allylic oxidation sites excluding steroid dienone is 1. The first-order chi connectivity index (χ1) is 17.7. The van der Waals surface area contributed by atoms with Crippen molar-refractivity contribution in [3.8, 4) is 0 Å². The molecule has 1 aliphatic rings. The molecule has 3 heteroatoms. The third-order valence-electron chi connectivity index (χ3n) is 7.89. The predicted octanol–water partition coefficient (Wildman–Crippen LogP) is 8.90. The van der Waals surface area contributed by atoms with Crippen LogP contribution in [0, 0.1) is 0 Å². The molecule has 0 spiro atoms. The summed E-state index contributed by atoms with van der Waals surface area (Å²) in [6, 6.07) is 31.2. The van der Waals surface area contributed by atoms with E-state index >= 15 is 0 Å². The Bertz CT molecular complexity index is 1810. The maximum Gasteiger partial charge on any atom is 0.0481 e. The lowest BCUT2D eigenvalue weighted by Gasteiger charge is -2.28. The van der Waals surface area contributed by atoms with E-state index < -0.39 is 0 Å². The molecule has 6 aromatic rings. The molecule has 0 N–H and O–H groups in total. The van der Waals surface area contributed by atoms with Gasteiger partial charge in [0.05, 0.1) is 0 Å². The molecule has 0 saturated heterocycles. The number of nitrogens with zero attached hydrogens (tertiary/aromatic N) is 2. The second-order valence-electron chi connectivity index (χ2n) is 10.0. The zero-order valence-electron chi connectivity index (χ0n) is 20.3. The Hall–Kier alpha value is -3.56. The normalized spacial score (nSPS) is 16.1. The van der Waals surface area contributed by atoms with Crippen molar-refractivity contribution in [3.63, 3.8) is 0 Å². The summed E-state index contributed by atoms with van der Waals surface area (Å²) in [6.07, 6.45) is 8.15. The van der Waals surface area contributed by atoms with Crippen LogP contribution in [-0.2, 0) is 13.6 Å². The van der Waals surface area contributed by atoms with Crippen molar-refractivity contribution in [1.29, 1.82) is 0 Å². The average Bonchev–Trinajstić information content (AvgIpc) is 3.24. The van der Waals surface area contributed by atoms with Crippen molar-refractivity contribution in [1.82, 2.24) is 9.47 Å². The minimum absolute atomic E-state index is 0.448. The molecular formula is C33H27BrN2. The number of halogens is 1. The molecule has 7 rings (SSSR count). The van der Waals surface area contributed by atoms with Crippen LogP contribution in [0.3, 0.4) is 0 Å². The van der Waals surface area contributed by atoms with Crippen LogP contribution in [0.15, 0.2) is 108 Å². The van der Waals surface area contributed by atoms with Crippen LogP contribution in [-0.4, -0.2) is 16.0 Å². The first kappa shape index (κ1) is 21.7. The van der Waals surface area contributed by atoms with Gasteiger partial charge in [0.1, 0.15) is 0 Å². The summed E-state index contributed by atoms with van der Waals surface area (Å²) in [7, 11) is 2.14. The summed E-state index contributed by atoms with van der Waals surface area (Å²) in [6.45, 7) is 1.99. The zero-order valence-corrected chi connectivity index (χ0v) is 21.9. The number of hydrogen-bond acceptors (Lipinski definition) is 1. The van der Waals surface area contributed by atoms with Gasteiger partial charge in [-0.1, -0.05) is 88.7 Å². The van der Waals surface area contributed by atoms with Crippen molar-refractivity contribution in [2.75, 3.05) is 6.54 Å². The van der Waals surface area contributed by atoms with Gasteiger partial charge in [-0.25, -0.2) is 0 Å². The Morgan fingerprint density at radius 3 is 2.44 bits per heavy atom. The lowest BCUT2D eigenvalue weighted by molar-refractivity contribution is 0.338. The Labute approximate surface area is 219 Å². The molecule has 0 amide bonds. The predicted molar refractivity (Wildman–Crippen MR) is 156 cm³/mol. The standard InChI is InChI=1S/C33H27BrN2/c1-35-21-32(31-19-25(34)10-14-33(31)35)23-15-17-36(18-16-23)20-24-6-4-8-28-27(24)12-13-29-26-7-3-2-5-22(26)9-11-30(28)29/h2-15,17,19,21,23H,16,18,20H2,1H3. The number of aromatic nitrogens is 1. The van der Waals surface area contributed by atoms with Crippen LogP contribution >= 0.6 is 15.9 Å². The summed E-state index contributed by atoms with van der Waals surface area (Å²) < 4.78 is 3.39. The molecule has 5 aromatic carbocycles. The molecule has 0 bridgehead atoms. The van der Waals surface area contributed by atoms with Crippen molar-refractivity contribution in [2.24, 2.45) is 7.05 Å². The number of hydrogen-bond donors (Lipinski definition) is 0. The van der Waals surface area contributed by atoms with E-state index in [-0.39, 0.29) is 0 Å². The van der Waals surface area contributed by atoms with Crippen LogP contribution in [0.1, 0.15) is 23.5 Å². The van der Waals surface area contributed by atoms with E-state index in [1.165, 1.54) is 54.3 Å². The van der Waals surface area contributed by atoms with Crippen molar-refractivity contribution >= 4 is 59.2 Å². The Balaban J connectivity index is 1.21. The SMILES string of the molecule is Cn1cc(C2C=CN(Cc3cccc4c3ccc3c5ccccc5ccc43)CC2)c2cc(Br)ccc21. The van der Waals surface area contributed by atoms with Crippen LogP contribution in [0.2, 0.25) is 0 Å². The van der Waals surface area contributed by atoms with Gasteiger partial charge in [-0.05, 0) is 74.3 Å². The second-order valence-corrected chi connectivity index (χ2v) is 10.9. The number of fused-ring (bicyclic) bond motifs is 6. The van der Waals surface area contributed by atoms with Gasteiger partial charge in [0.2, 0.25) is 0 Å². The van der Waals surface area contributed by atoms with E-state index in [1.54, 1.807) is 0 Å². The van der Waals surface area contributed by atoms with E-state index in [0.717, 1.165) is 24.0 Å². The summed E-state index contributed by atoms with van der Waals surface area (Å²) in [5, 5.41) is 9.35. The van der Waals surface area contributed by atoms with Gasteiger partial charge in [0.25, 0.3) is 0 Å². The molecule has 0 radical (unpaired) electrons. The fraction of sp³-hybridized carbons (Fsp3) is 0.152. The first-order valence-corrected chi connectivity index (χ1v) is 13.4. The molecule has 0 saturated carbocycles. The highest BCUT2D eigenvalue weighted by Gasteiger charge is 2.20. The maximum atomic E-state index is 3.66. The van der Waals surface area contributed by atoms with Gasteiger partial charge in [0, 0.05) is 47.6 Å². The molecular weight excluding hydrogens is 504 g/mol. The average molecular weight is 531 g/mol. The highest BCUT2D eigenvalue weighted by atomic mass is 79.9. The molecule has 2 nitrogen and oxygen atoms in total. The maximum absolute atomic E-state index is 3.66. The molecule has 176 valence electrons. The van der Waals surface area contributed by atoms with Crippen molar-refractivity contribution in [2.45, 2.75) is 18.9 Å². The molecule has 36 heavy (non-hydrogen) atoms. The lowest BCUT2D eigenvalue weighted by Crippen LogP contribution is -2.23. The van der Waals surface area contributed by atoms with E-state index in [1.807, 2.05) is 0 Å². The second kappa shape index (κ2) is 8.53.